The highest BCUT2D eigenvalue weighted by atomic mass is 32.2. The van der Waals surface area contributed by atoms with Gasteiger partial charge in [-0.1, -0.05) is 30.3 Å². The average molecular weight is 402 g/mol. The van der Waals surface area contributed by atoms with Crippen LogP contribution in [0.4, 0.5) is 5.69 Å². The number of nitriles is 2. The van der Waals surface area contributed by atoms with E-state index in [-0.39, 0.29) is 0 Å². The fourth-order valence-corrected chi connectivity index (χ4v) is 3.64. The third kappa shape index (κ3) is 4.55. The molecule has 2 aromatic carbocycles. The number of benzene rings is 2. The molecule has 0 aliphatic rings. The number of hydrogen-bond acceptors (Lipinski definition) is 4. The summed E-state index contributed by atoms with van der Waals surface area (Å²) in [6.45, 7) is 1.65. The average Bonchev–Trinajstić information content (AvgIpc) is 3.10. The molecule has 6 nitrogen and oxygen atoms in total. The van der Waals surface area contributed by atoms with Gasteiger partial charge in [-0.05, 0) is 36.8 Å². The molecule has 3 rings (SSSR count). The lowest BCUT2D eigenvalue weighted by Gasteiger charge is -2.10. The largest absolute Gasteiger partial charge is 0.361 e. The van der Waals surface area contributed by atoms with Crippen LogP contribution in [0.5, 0.6) is 0 Å². The van der Waals surface area contributed by atoms with Gasteiger partial charge in [-0.2, -0.15) is 10.5 Å². The minimum absolute atomic E-state index is 0.345. The lowest BCUT2D eigenvalue weighted by atomic mass is 9.93. The lowest BCUT2D eigenvalue weighted by molar-refractivity contribution is 0.607. The topological polar surface area (TPSA) is 110 Å². The monoisotopic (exact) mass is 402 g/mol. The Morgan fingerprint density at radius 3 is 2.38 bits per heavy atom. The number of nitrogens with one attached hydrogen (secondary N) is 2. The van der Waals surface area contributed by atoms with Gasteiger partial charge in [0.1, 0.15) is 0 Å². The van der Waals surface area contributed by atoms with Crippen molar-refractivity contribution in [2.24, 2.45) is 0 Å². The summed E-state index contributed by atoms with van der Waals surface area (Å²) in [5.41, 5.74) is 4.09. The molecule has 0 aliphatic heterocycles. The fraction of sp³-hybridized carbons (Fsp3) is 0.0909. The molecule has 29 heavy (non-hydrogen) atoms. The summed E-state index contributed by atoms with van der Waals surface area (Å²) in [5.74, 6) is 0. The molecule has 3 aromatic rings. The van der Waals surface area contributed by atoms with E-state index in [0.717, 1.165) is 22.7 Å². The first kappa shape index (κ1) is 19.9. The summed E-state index contributed by atoms with van der Waals surface area (Å²) in [7, 11) is -3.39. The van der Waals surface area contributed by atoms with Crippen molar-refractivity contribution in [3.05, 3.63) is 77.0 Å². The van der Waals surface area contributed by atoms with Crippen LogP contribution in [0.3, 0.4) is 0 Å². The Bertz CT molecular complexity index is 1320. The van der Waals surface area contributed by atoms with Crippen molar-refractivity contribution >= 4 is 38.3 Å². The van der Waals surface area contributed by atoms with Crippen LogP contribution in [0.15, 0.2) is 65.9 Å². The number of aromatic amines is 1. The van der Waals surface area contributed by atoms with E-state index in [1.165, 1.54) is 0 Å². The van der Waals surface area contributed by atoms with Crippen molar-refractivity contribution in [1.29, 1.82) is 10.5 Å². The van der Waals surface area contributed by atoms with Crippen LogP contribution in [0.25, 0.3) is 22.6 Å². The molecule has 0 spiro atoms. The minimum Gasteiger partial charge on any atom is -0.361 e. The van der Waals surface area contributed by atoms with Gasteiger partial charge in [-0.15, -0.1) is 0 Å². The first-order chi connectivity index (χ1) is 13.8. The van der Waals surface area contributed by atoms with Crippen molar-refractivity contribution in [2.75, 3.05) is 11.0 Å². The second kappa shape index (κ2) is 8.05. The maximum absolute atomic E-state index is 11.4. The summed E-state index contributed by atoms with van der Waals surface area (Å²) < 4.78 is 25.2. The summed E-state index contributed by atoms with van der Waals surface area (Å²) >= 11 is 0. The molecule has 144 valence electrons. The number of hydrogen-bond donors (Lipinski definition) is 2. The van der Waals surface area contributed by atoms with Gasteiger partial charge in [0.15, 0.2) is 0 Å². The van der Waals surface area contributed by atoms with Crippen molar-refractivity contribution in [3.63, 3.8) is 0 Å². The Morgan fingerprint density at radius 1 is 1.07 bits per heavy atom. The van der Waals surface area contributed by atoms with E-state index in [9.17, 15) is 18.9 Å². The van der Waals surface area contributed by atoms with Gasteiger partial charge < -0.3 is 4.98 Å². The van der Waals surface area contributed by atoms with E-state index in [1.54, 1.807) is 37.3 Å². The second-order valence-corrected chi connectivity index (χ2v) is 8.27. The van der Waals surface area contributed by atoms with Gasteiger partial charge in [0.25, 0.3) is 0 Å². The molecule has 0 saturated carbocycles. The summed E-state index contributed by atoms with van der Waals surface area (Å²) in [6.07, 6.45) is 4.64. The highest BCUT2D eigenvalue weighted by molar-refractivity contribution is 7.92. The van der Waals surface area contributed by atoms with Gasteiger partial charge >= 0.3 is 0 Å². The molecule has 0 amide bonds. The van der Waals surface area contributed by atoms with Gasteiger partial charge in [0.05, 0.1) is 24.0 Å². The number of H-pyrrole nitrogens is 1. The van der Waals surface area contributed by atoms with Crippen molar-refractivity contribution in [2.45, 2.75) is 6.92 Å². The molecule has 0 fully saturated rings. The van der Waals surface area contributed by atoms with E-state index in [0.29, 0.717) is 28.0 Å². The van der Waals surface area contributed by atoms with Gasteiger partial charge in [-0.3, -0.25) is 4.72 Å². The zero-order valence-electron chi connectivity index (χ0n) is 15.9. The SMILES string of the molecule is C/C(C#N)=C(/C(C#N)=C/c1c[nH]c2ccccc12)c1ccc(NS(C)(=O)=O)cc1. The summed E-state index contributed by atoms with van der Waals surface area (Å²) in [5, 5.41) is 20.3. The molecular formula is C22H18N4O2S. The molecule has 0 aliphatic carbocycles. The van der Waals surface area contributed by atoms with Crippen LogP contribution in [0.2, 0.25) is 0 Å². The second-order valence-electron chi connectivity index (χ2n) is 6.52. The van der Waals surface area contributed by atoms with Crippen LogP contribution in [-0.4, -0.2) is 19.7 Å². The normalized spacial score (nSPS) is 12.8. The predicted molar refractivity (Wildman–Crippen MR) is 115 cm³/mol. The molecule has 0 atom stereocenters. The first-order valence-corrected chi connectivity index (χ1v) is 10.6. The lowest BCUT2D eigenvalue weighted by Crippen LogP contribution is -2.09. The number of nitrogens with zero attached hydrogens (tertiary/aromatic N) is 2. The number of aromatic nitrogens is 1. The number of rotatable bonds is 5. The number of allylic oxidation sites excluding steroid dienone is 3. The number of para-hydroxylation sites is 1. The third-order valence-electron chi connectivity index (χ3n) is 4.33. The standard InChI is InChI=1S/C22H18N4O2S/c1-15(12-23)22(16-7-9-19(10-8-16)26-29(2,27)28)17(13-24)11-18-14-25-21-6-4-3-5-20(18)21/h3-11,14,25-26H,1-2H3/b17-11+,22-15-. The molecular weight excluding hydrogens is 384 g/mol. The van der Waals surface area contributed by atoms with Crippen molar-refractivity contribution < 1.29 is 8.42 Å². The van der Waals surface area contributed by atoms with Crippen LogP contribution in [0, 0.1) is 22.7 Å². The highest BCUT2D eigenvalue weighted by Crippen LogP contribution is 2.30. The Kier molecular flexibility index (Phi) is 5.54. The first-order valence-electron chi connectivity index (χ1n) is 8.70. The molecule has 0 saturated heterocycles. The van der Waals surface area contributed by atoms with Crippen LogP contribution in [-0.2, 0) is 10.0 Å². The van der Waals surface area contributed by atoms with E-state index in [4.69, 9.17) is 0 Å². The molecule has 1 aromatic heterocycles. The molecule has 2 N–H and O–H groups in total. The Labute approximate surface area is 169 Å². The quantitative estimate of drug-likeness (QED) is 0.485. The Hall–Kier alpha value is -3.81. The Morgan fingerprint density at radius 2 is 1.76 bits per heavy atom. The van der Waals surface area contributed by atoms with E-state index in [2.05, 4.69) is 21.8 Å². The number of sulfonamides is 1. The molecule has 0 unspecified atom stereocenters. The van der Waals surface area contributed by atoms with Crippen LogP contribution >= 0.6 is 0 Å². The van der Waals surface area contributed by atoms with E-state index in [1.807, 2.05) is 30.5 Å². The number of fused-ring (bicyclic) bond motifs is 1. The Balaban J connectivity index is 2.09. The van der Waals surface area contributed by atoms with Crippen molar-refractivity contribution in [3.8, 4) is 12.1 Å². The third-order valence-corrected chi connectivity index (χ3v) is 4.94. The van der Waals surface area contributed by atoms with Gasteiger partial charge in [-0.25, -0.2) is 8.42 Å². The summed E-state index contributed by atoms with van der Waals surface area (Å²) in [6, 6.07) is 18.6. The van der Waals surface area contributed by atoms with E-state index >= 15 is 0 Å². The molecule has 1 heterocycles. The molecule has 0 bridgehead atoms. The number of anilines is 1. The van der Waals surface area contributed by atoms with Crippen LogP contribution < -0.4 is 4.72 Å². The molecule has 7 heteroatoms. The predicted octanol–water partition coefficient (Wildman–Crippen LogP) is 4.44. The molecule has 0 radical (unpaired) electrons. The fourth-order valence-electron chi connectivity index (χ4n) is 3.08. The smallest absolute Gasteiger partial charge is 0.229 e. The van der Waals surface area contributed by atoms with Gasteiger partial charge in [0, 0.05) is 39.5 Å². The van der Waals surface area contributed by atoms with Crippen molar-refractivity contribution in [1.82, 2.24) is 4.98 Å². The van der Waals surface area contributed by atoms with Gasteiger partial charge in [0.2, 0.25) is 10.0 Å². The maximum Gasteiger partial charge on any atom is 0.229 e. The minimum atomic E-state index is -3.39. The van der Waals surface area contributed by atoms with E-state index < -0.39 is 10.0 Å². The van der Waals surface area contributed by atoms with Crippen LogP contribution in [0.1, 0.15) is 18.1 Å². The zero-order valence-corrected chi connectivity index (χ0v) is 16.7. The maximum atomic E-state index is 11.4. The summed E-state index contributed by atoms with van der Waals surface area (Å²) in [4.78, 5) is 3.17. The zero-order chi connectivity index (χ0) is 21.0. The highest BCUT2D eigenvalue weighted by Gasteiger charge is 2.14.